The Bertz CT molecular complexity index is 1530. The molecule has 1 saturated carbocycles. The zero-order valence-electron chi connectivity index (χ0n) is 18.7. The van der Waals surface area contributed by atoms with E-state index >= 15 is 0 Å². The minimum atomic E-state index is -2.67. The maximum atomic E-state index is 13.1. The van der Waals surface area contributed by atoms with Crippen molar-refractivity contribution in [1.29, 1.82) is 0 Å². The monoisotopic (exact) mass is 515 g/mol. The van der Waals surface area contributed by atoms with Crippen molar-refractivity contribution in [3.63, 3.8) is 0 Å². The van der Waals surface area contributed by atoms with Crippen molar-refractivity contribution in [3.8, 4) is 5.75 Å². The van der Waals surface area contributed by atoms with Gasteiger partial charge in [0, 0.05) is 24.0 Å². The van der Waals surface area contributed by atoms with Gasteiger partial charge in [-0.2, -0.15) is 10.2 Å². The molecular formula is C23H22ClN5O5S. The zero-order chi connectivity index (χ0) is 24.7. The number of ether oxygens (including phenoxy) is 1. The fourth-order valence-corrected chi connectivity index (χ4v) is 4.70. The summed E-state index contributed by atoms with van der Waals surface area (Å²) in [5.41, 5.74) is 0.421. The van der Waals surface area contributed by atoms with E-state index in [9.17, 15) is 18.4 Å². The molecule has 2 unspecified atom stereocenters. The van der Waals surface area contributed by atoms with Gasteiger partial charge in [-0.3, -0.25) is 14.3 Å². The van der Waals surface area contributed by atoms with Crippen molar-refractivity contribution in [3.05, 3.63) is 63.7 Å². The Morgan fingerprint density at radius 1 is 1.29 bits per heavy atom. The van der Waals surface area contributed by atoms with Crippen LogP contribution in [0.25, 0.3) is 21.7 Å². The first-order chi connectivity index (χ1) is 16.9. The summed E-state index contributed by atoms with van der Waals surface area (Å²) in [5.74, 6) is 0.382. The van der Waals surface area contributed by atoms with Crippen molar-refractivity contribution < 1.29 is 18.3 Å². The second-order valence-corrected chi connectivity index (χ2v) is 9.81. The molecule has 0 aliphatic heterocycles. The molecule has 0 radical (unpaired) electrons. The van der Waals surface area contributed by atoms with E-state index in [0.29, 0.717) is 39.9 Å². The van der Waals surface area contributed by atoms with Gasteiger partial charge < -0.3 is 14.6 Å². The van der Waals surface area contributed by atoms with Crippen LogP contribution in [0.4, 0.5) is 0 Å². The van der Waals surface area contributed by atoms with Gasteiger partial charge >= 0.3 is 0 Å². The molecule has 2 atom stereocenters. The molecule has 2 N–H and O–H groups in total. The predicted molar refractivity (Wildman–Crippen MR) is 132 cm³/mol. The summed E-state index contributed by atoms with van der Waals surface area (Å²) in [5, 5.41) is 11.6. The van der Waals surface area contributed by atoms with Crippen molar-refractivity contribution in [2.45, 2.75) is 24.8 Å². The highest BCUT2D eigenvalue weighted by Crippen LogP contribution is 2.34. The molecular weight excluding hydrogens is 494 g/mol. The van der Waals surface area contributed by atoms with Crippen LogP contribution in [-0.4, -0.2) is 47.9 Å². The molecule has 2 heterocycles. The molecule has 0 spiro atoms. The van der Waals surface area contributed by atoms with Gasteiger partial charge in [-0.05, 0) is 37.0 Å². The molecule has 35 heavy (non-hydrogen) atoms. The van der Waals surface area contributed by atoms with E-state index in [1.165, 1.54) is 19.9 Å². The van der Waals surface area contributed by atoms with E-state index in [1.54, 1.807) is 35.0 Å². The molecule has 4 aromatic rings. The number of aromatic nitrogens is 4. The lowest BCUT2D eigenvalue weighted by molar-refractivity contribution is -0.121. The molecule has 0 bridgehead atoms. The van der Waals surface area contributed by atoms with Crippen LogP contribution in [0.3, 0.4) is 0 Å². The molecule has 2 aromatic carbocycles. The average molecular weight is 516 g/mol. The Balaban J connectivity index is 1.56. The number of carbonyl (C=O) groups excluding carboxylic acids is 1. The van der Waals surface area contributed by atoms with Gasteiger partial charge in [0.15, 0.2) is 11.1 Å². The van der Waals surface area contributed by atoms with Crippen molar-refractivity contribution >= 4 is 50.3 Å². The highest BCUT2D eigenvalue weighted by Gasteiger charge is 2.29. The summed E-state index contributed by atoms with van der Waals surface area (Å²) in [6, 6.07) is 10.3. The Morgan fingerprint density at radius 2 is 2.03 bits per heavy atom. The summed E-state index contributed by atoms with van der Waals surface area (Å²) in [6.45, 7) is 0.777. The van der Waals surface area contributed by atoms with Gasteiger partial charge in [-0.25, -0.2) is 8.89 Å². The van der Waals surface area contributed by atoms with Crippen LogP contribution in [-0.2, 0) is 22.4 Å². The van der Waals surface area contributed by atoms with E-state index < -0.39 is 27.9 Å². The van der Waals surface area contributed by atoms with Gasteiger partial charge in [0.05, 0.1) is 34.8 Å². The van der Waals surface area contributed by atoms with Crippen molar-refractivity contribution in [2.75, 3.05) is 13.7 Å². The number of rotatable bonds is 8. The number of hydrogen-bond acceptors (Lipinski definition) is 6. The first-order valence-electron chi connectivity index (χ1n) is 11.0. The number of nitrogens with zero attached hydrogens (tertiary/aromatic N) is 4. The summed E-state index contributed by atoms with van der Waals surface area (Å²) < 4.78 is 29.9. The predicted octanol–water partition coefficient (Wildman–Crippen LogP) is 2.70. The number of likely N-dealkylation sites (N-methyl/N-ethyl adjacent to an activating group) is 1. The molecule has 10 nitrogen and oxygen atoms in total. The second-order valence-electron chi connectivity index (χ2n) is 8.41. The van der Waals surface area contributed by atoms with Crippen LogP contribution in [0.5, 0.6) is 5.75 Å². The smallest absolute Gasteiger partial charge is 0.276 e. The van der Waals surface area contributed by atoms with Crippen LogP contribution in [0.2, 0.25) is 5.02 Å². The molecule has 0 saturated heterocycles. The number of amides is 1. The molecule has 182 valence electrons. The van der Waals surface area contributed by atoms with E-state index in [2.05, 4.69) is 15.5 Å². The molecule has 1 aliphatic rings. The molecule has 1 fully saturated rings. The normalized spacial score (nSPS) is 15.3. The van der Waals surface area contributed by atoms with Gasteiger partial charge in [0.25, 0.3) is 11.5 Å². The van der Waals surface area contributed by atoms with Gasteiger partial charge in [0.2, 0.25) is 5.37 Å². The lowest BCUT2D eigenvalue weighted by Gasteiger charge is -2.16. The molecule has 1 amide bonds. The minimum absolute atomic E-state index is 0.143. The summed E-state index contributed by atoms with van der Waals surface area (Å²) in [7, 11) is 1.32. The maximum absolute atomic E-state index is 13.1. The molecule has 5 rings (SSSR count). The molecule has 1 aliphatic carbocycles. The quantitative estimate of drug-likeness (QED) is 0.345. The van der Waals surface area contributed by atoms with Crippen LogP contribution < -0.4 is 15.6 Å². The number of nitrogens with one attached hydrogen (secondary N) is 1. The zero-order valence-corrected chi connectivity index (χ0v) is 20.3. The Labute approximate surface area is 207 Å². The number of fused-ring (bicyclic) bond motifs is 2. The summed E-state index contributed by atoms with van der Waals surface area (Å²) in [4.78, 5) is 25.3. The second kappa shape index (κ2) is 9.40. The number of benzene rings is 2. The summed E-state index contributed by atoms with van der Waals surface area (Å²) in [6.07, 6.45) is 4.15. The first kappa shape index (κ1) is 23.5. The van der Waals surface area contributed by atoms with Gasteiger partial charge in [-0.15, -0.1) is 0 Å². The topological polar surface area (TPSA) is 128 Å². The largest absolute Gasteiger partial charge is 0.492 e. The minimum Gasteiger partial charge on any atom is -0.492 e. The van der Waals surface area contributed by atoms with Gasteiger partial charge in [-0.1, -0.05) is 29.8 Å². The number of carbonyl (C=O) groups is 1. The van der Waals surface area contributed by atoms with E-state index in [1.807, 2.05) is 12.3 Å². The third-order valence-corrected chi connectivity index (χ3v) is 6.97. The third-order valence-electron chi connectivity index (χ3n) is 5.88. The standard InChI is InChI=1S/C23H22ClN5O5S/c1-25-21(30)23(35(32)33)29-22(31)16-5-3-2-4-15(16)19(27-29)11-28-10-14-8-20(34-12-13-6-7-13)17(24)9-18(14)26-28/h2-5,8-10,13,23H,6-7,11-12H2,1H3,(H,25,30)(H,32,33). The molecule has 2 aromatic heterocycles. The SMILES string of the molecule is CNC(=O)C(n1nc(Cn2cc3cc(OCC4CC4)c(Cl)cc3n2)c2ccccc2c1=O)S(=O)O. The van der Waals surface area contributed by atoms with Crippen LogP contribution in [0, 0.1) is 5.92 Å². The Kier molecular flexibility index (Phi) is 6.30. The average Bonchev–Trinajstić information content (AvgIpc) is 3.59. The fraction of sp³-hybridized carbons (Fsp3) is 0.304. The van der Waals surface area contributed by atoms with Crippen molar-refractivity contribution in [1.82, 2.24) is 24.9 Å². The van der Waals surface area contributed by atoms with Crippen LogP contribution in [0.1, 0.15) is 23.9 Å². The fourth-order valence-electron chi connectivity index (χ4n) is 3.87. The van der Waals surface area contributed by atoms with Gasteiger partial charge in [0.1, 0.15) is 5.75 Å². The number of hydrogen-bond donors (Lipinski definition) is 2. The summed E-state index contributed by atoms with van der Waals surface area (Å²) >= 11 is 3.71. The lowest BCUT2D eigenvalue weighted by atomic mass is 10.1. The third kappa shape index (κ3) is 4.66. The van der Waals surface area contributed by atoms with Crippen LogP contribution >= 0.6 is 11.6 Å². The van der Waals surface area contributed by atoms with Crippen molar-refractivity contribution in [2.24, 2.45) is 5.92 Å². The Hall–Kier alpha value is -3.28. The maximum Gasteiger partial charge on any atom is 0.276 e. The van der Waals surface area contributed by atoms with E-state index in [4.69, 9.17) is 16.3 Å². The molecule has 12 heteroatoms. The van der Waals surface area contributed by atoms with E-state index in [-0.39, 0.29) is 11.9 Å². The van der Waals surface area contributed by atoms with Crippen LogP contribution in [0.15, 0.2) is 47.4 Å². The first-order valence-corrected chi connectivity index (χ1v) is 12.5. The lowest BCUT2D eigenvalue weighted by Crippen LogP contribution is -2.40. The highest BCUT2D eigenvalue weighted by molar-refractivity contribution is 7.80. The number of halogens is 1. The highest BCUT2D eigenvalue weighted by atomic mass is 35.5. The van der Waals surface area contributed by atoms with E-state index in [0.717, 1.165) is 10.1 Å². The Morgan fingerprint density at radius 3 is 2.71 bits per heavy atom.